The van der Waals surface area contributed by atoms with Gasteiger partial charge in [-0.25, -0.2) is 14.3 Å². The van der Waals surface area contributed by atoms with E-state index in [-0.39, 0.29) is 35.8 Å². The number of hydrogen-bond acceptors (Lipinski definition) is 7. The molecule has 0 unspecified atom stereocenters. The van der Waals surface area contributed by atoms with Crippen molar-refractivity contribution in [1.82, 2.24) is 19.9 Å². The fourth-order valence-corrected chi connectivity index (χ4v) is 2.85. The van der Waals surface area contributed by atoms with Crippen molar-refractivity contribution in [2.75, 3.05) is 5.73 Å². The van der Waals surface area contributed by atoms with Crippen molar-refractivity contribution in [2.45, 2.75) is 19.0 Å². The highest BCUT2D eigenvalue weighted by molar-refractivity contribution is 5.83. The van der Waals surface area contributed by atoms with Gasteiger partial charge in [-0.3, -0.25) is 9.36 Å². The number of aromatic nitrogens is 4. The number of imidazole rings is 1. The number of fused-ring (bicyclic) bond motifs is 1. The summed E-state index contributed by atoms with van der Waals surface area (Å²) in [7, 11) is 1.60. The Hall–Kier alpha value is -3.89. The second-order valence-electron chi connectivity index (χ2n) is 6.24. The molecule has 0 saturated heterocycles. The molecule has 3 rings (SSSR count). The zero-order valence-corrected chi connectivity index (χ0v) is 14.9. The topological polar surface area (TPSA) is 170 Å². The van der Waals surface area contributed by atoms with Crippen molar-refractivity contribution >= 4 is 29.0 Å². The zero-order valence-electron chi connectivity index (χ0n) is 14.9. The molecule has 3 aromatic rings. The summed E-state index contributed by atoms with van der Waals surface area (Å²) >= 11 is 0. The van der Waals surface area contributed by atoms with Crippen LogP contribution in [0.4, 0.5) is 5.95 Å². The number of anilines is 1. The van der Waals surface area contributed by atoms with Crippen LogP contribution in [0.1, 0.15) is 5.56 Å². The minimum Gasteiger partial charge on any atom is -0.856 e. The molecule has 5 N–H and O–H groups in total. The number of aromatic hydroxyl groups is 1. The first-order valence-corrected chi connectivity index (χ1v) is 8.23. The number of benzene rings is 1. The predicted octanol–water partition coefficient (Wildman–Crippen LogP) is -1.57. The van der Waals surface area contributed by atoms with Gasteiger partial charge in [0.15, 0.2) is 18.4 Å². The maximum absolute atomic E-state index is 12.4. The van der Waals surface area contributed by atoms with Crippen LogP contribution in [0.15, 0.2) is 30.6 Å². The van der Waals surface area contributed by atoms with Crippen LogP contribution in [0.3, 0.4) is 0 Å². The summed E-state index contributed by atoms with van der Waals surface area (Å²) in [6, 6.07) is 4.86. The van der Waals surface area contributed by atoms with Gasteiger partial charge >= 0.3 is 11.6 Å². The van der Waals surface area contributed by atoms with E-state index in [0.29, 0.717) is 5.56 Å². The van der Waals surface area contributed by atoms with Crippen LogP contribution in [0.2, 0.25) is 0 Å². The lowest BCUT2D eigenvalue weighted by Gasteiger charge is -2.14. The number of hydrogen-bond donors (Lipinski definition) is 4. The Morgan fingerprint density at radius 3 is 2.64 bits per heavy atom. The van der Waals surface area contributed by atoms with Crippen LogP contribution in [0.25, 0.3) is 11.2 Å². The summed E-state index contributed by atoms with van der Waals surface area (Å²) in [4.78, 5) is 31.5. The van der Waals surface area contributed by atoms with Gasteiger partial charge in [0.2, 0.25) is 0 Å². The first-order chi connectivity index (χ1) is 13.2. The number of carboxylic acids is 1. The number of carboxylic acid groups (broad SMARTS) is 1. The van der Waals surface area contributed by atoms with Gasteiger partial charge < -0.3 is 26.4 Å². The molecule has 11 nitrogen and oxygen atoms in total. The van der Waals surface area contributed by atoms with Crippen molar-refractivity contribution in [2.24, 2.45) is 7.05 Å². The van der Waals surface area contributed by atoms with Gasteiger partial charge in [-0.2, -0.15) is 0 Å². The van der Waals surface area contributed by atoms with Gasteiger partial charge in [0.05, 0.1) is 7.05 Å². The average Bonchev–Trinajstić information content (AvgIpc) is 2.91. The van der Waals surface area contributed by atoms with Gasteiger partial charge in [-0.1, -0.05) is 17.1 Å². The molecule has 146 valence electrons. The molecule has 0 bridgehead atoms. The molecule has 0 saturated carbocycles. The van der Waals surface area contributed by atoms with Gasteiger partial charge in [0, 0.05) is 12.3 Å². The van der Waals surface area contributed by atoms with Crippen LogP contribution in [-0.4, -0.2) is 42.7 Å². The number of carbonyl (C=O) groups is 2. The third-order valence-electron chi connectivity index (χ3n) is 4.11. The number of phenols is 1. The molecule has 0 aliphatic rings. The predicted molar refractivity (Wildman–Crippen MR) is 93.9 cm³/mol. The molecule has 0 aliphatic carbocycles. The van der Waals surface area contributed by atoms with Gasteiger partial charge in [-0.15, -0.1) is 0 Å². The smallest absolute Gasteiger partial charge is 0.326 e. The molecule has 1 aromatic carbocycles. The van der Waals surface area contributed by atoms with E-state index >= 15 is 0 Å². The largest absolute Gasteiger partial charge is 0.856 e. The number of nitrogens with zero attached hydrogens (tertiary/aromatic N) is 4. The Morgan fingerprint density at radius 1 is 1.32 bits per heavy atom. The number of aliphatic carboxylic acids is 1. The zero-order chi connectivity index (χ0) is 20.4. The molecule has 0 fully saturated rings. The molecule has 11 heteroatoms. The third-order valence-corrected chi connectivity index (χ3v) is 4.11. The number of nitrogen functional groups attached to an aromatic ring is 1. The highest BCUT2D eigenvalue weighted by Crippen LogP contribution is 2.16. The fraction of sp³-hybridized carbons (Fsp3) is 0.235. The molecule has 0 spiro atoms. The fourth-order valence-electron chi connectivity index (χ4n) is 2.85. The molecule has 0 radical (unpaired) electrons. The summed E-state index contributed by atoms with van der Waals surface area (Å²) in [6.07, 6.45) is 1.52. The number of amides is 1. The van der Waals surface area contributed by atoms with E-state index in [9.17, 15) is 24.9 Å². The number of nitrogens with one attached hydrogen (secondary N) is 1. The number of rotatable bonds is 6. The van der Waals surface area contributed by atoms with E-state index in [2.05, 4.69) is 15.3 Å². The lowest BCUT2D eigenvalue weighted by Crippen LogP contribution is -2.49. The minimum atomic E-state index is -1.20. The Bertz CT molecular complexity index is 1050. The van der Waals surface area contributed by atoms with Crippen LogP contribution in [0, 0.1) is 0 Å². The van der Waals surface area contributed by atoms with Gasteiger partial charge in [0.1, 0.15) is 11.8 Å². The quantitative estimate of drug-likeness (QED) is 0.368. The molecule has 1 atom stereocenters. The molecule has 2 heterocycles. The van der Waals surface area contributed by atoms with E-state index in [0.717, 1.165) is 0 Å². The molecule has 2 aromatic heterocycles. The van der Waals surface area contributed by atoms with E-state index in [1.807, 2.05) is 0 Å². The summed E-state index contributed by atoms with van der Waals surface area (Å²) in [5.74, 6) is -2.49. The Balaban J connectivity index is 1.77. The summed E-state index contributed by atoms with van der Waals surface area (Å²) < 4.78 is 2.86. The van der Waals surface area contributed by atoms with Crippen molar-refractivity contribution in [3.8, 4) is 11.6 Å². The second kappa shape index (κ2) is 7.39. The number of phenolic OH excluding ortho intramolecular Hbond substituents is 1. The highest BCUT2D eigenvalue weighted by atomic mass is 16.4. The van der Waals surface area contributed by atoms with Gasteiger partial charge in [-0.05, 0) is 17.7 Å². The summed E-state index contributed by atoms with van der Waals surface area (Å²) in [6.45, 7) is -0.257. The standard InChI is InChI=1S/C17H18N6O5/c1-22-8-23(14-13(22)15(26)21-17(18)20-14)7-12(25)19-11(16(27)28)6-9-2-4-10(24)5-3-9/h2-5,8,11H,6-7H2,1H3,(H5-,18,19,20,21,24,25,26,27,28)/t11-/m0/s1. The third kappa shape index (κ3) is 3.92. The Labute approximate surface area is 158 Å². The van der Waals surface area contributed by atoms with E-state index in [1.165, 1.54) is 27.6 Å². The number of aryl methyl sites for hydroxylation is 1. The summed E-state index contributed by atoms with van der Waals surface area (Å²) in [5.41, 5.74) is 6.51. The maximum Gasteiger partial charge on any atom is 0.326 e. The maximum atomic E-state index is 12.4. The number of carbonyl (C=O) groups excluding carboxylic acids is 1. The highest BCUT2D eigenvalue weighted by Gasteiger charge is 2.24. The van der Waals surface area contributed by atoms with Crippen LogP contribution in [0.5, 0.6) is 11.6 Å². The van der Waals surface area contributed by atoms with Gasteiger partial charge in [0.25, 0.3) is 11.9 Å². The van der Waals surface area contributed by atoms with E-state index in [1.54, 1.807) is 19.2 Å². The lowest BCUT2D eigenvalue weighted by molar-refractivity contribution is -0.661. The SMILES string of the molecule is Cn1c[n+](CC(=O)N[C@@H](Cc2ccc(O)cc2)C(=O)O)c2nc(N)nc([O-])c21. The second-order valence-corrected chi connectivity index (χ2v) is 6.24. The monoisotopic (exact) mass is 386 g/mol. The van der Waals surface area contributed by atoms with Crippen LogP contribution < -0.4 is 20.7 Å². The Kier molecular flexibility index (Phi) is 4.98. The molecule has 0 aliphatic heterocycles. The van der Waals surface area contributed by atoms with E-state index < -0.39 is 23.8 Å². The van der Waals surface area contributed by atoms with E-state index in [4.69, 9.17) is 5.73 Å². The first-order valence-electron chi connectivity index (χ1n) is 8.23. The number of nitrogens with two attached hydrogens (primary N) is 1. The molecular weight excluding hydrogens is 368 g/mol. The van der Waals surface area contributed by atoms with Crippen LogP contribution in [-0.2, 0) is 29.6 Å². The lowest BCUT2D eigenvalue weighted by atomic mass is 10.1. The van der Waals surface area contributed by atoms with Crippen molar-refractivity contribution in [1.29, 1.82) is 0 Å². The normalized spacial score (nSPS) is 12.0. The average molecular weight is 386 g/mol. The first kappa shape index (κ1) is 18.9. The Morgan fingerprint density at radius 2 is 2.00 bits per heavy atom. The molecular formula is C17H18N6O5. The molecule has 1 amide bonds. The minimum absolute atomic E-state index is 0.0430. The molecule has 28 heavy (non-hydrogen) atoms. The van der Waals surface area contributed by atoms with Crippen molar-refractivity contribution in [3.05, 3.63) is 36.2 Å². The summed E-state index contributed by atoms with van der Waals surface area (Å²) in [5, 5.41) is 33.1. The van der Waals surface area contributed by atoms with Crippen LogP contribution >= 0.6 is 0 Å². The van der Waals surface area contributed by atoms with Crippen molar-refractivity contribution < 1.29 is 29.5 Å². The van der Waals surface area contributed by atoms with Crippen molar-refractivity contribution in [3.63, 3.8) is 0 Å².